The number of rotatable bonds is 5. The Morgan fingerprint density at radius 1 is 1.28 bits per heavy atom. The number of fused-ring (bicyclic) bond motifs is 3. The van der Waals surface area contributed by atoms with Crippen molar-refractivity contribution in [3.05, 3.63) is 41.5 Å². The van der Waals surface area contributed by atoms with Gasteiger partial charge in [-0.15, -0.1) is 0 Å². The number of aromatic nitrogens is 2. The lowest BCUT2D eigenvalue weighted by Gasteiger charge is -2.28. The standard InChI is InChI=1S/C20H25N5/c1-13(2)18(24(4)5)12-22-19-10-14(3)15(11-21)20-23-16-8-6-7-9-17(16)25(19)20/h6-10,13,18,22H,12H2,1-5H3/t18-/m1/s1. The summed E-state index contributed by atoms with van der Waals surface area (Å²) < 4.78 is 2.06. The van der Waals surface area contributed by atoms with E-state index in [4.69, 9.17) is 4.98 Å². The molecule has 0 saturated heterocycles. The summed E-state index contributed by atoms with van der Waals surface area (Å²) in [7, 11) is 4.22. The molecule has 3 rings (SSSR count). The molecule has 2 aromatic heterocycles. The van der Waals surface area contributed by atoms with E-state index in [0.717, 1.165) is 34.6 Å². The van der Waals surface area contributed by atoms with Crippen molar-refractivity contribution in [3.63, 3.8) is 0 Å². The number of nitriles is 1. The number of aryl methyl sites for hydroxylation is 1. The molecule has 0 aliphatic heterocycles. The lowest BCUT2D eigenvalue weighted by Crippen LogP contribution is -2.38. The average Bonchev–Trinajstić information content (AvgIpc) is 2.93. The van der Waals surface area contributed by atoms with E-state index < -0.39 is 0 Å². The van der Waals surface area contributed by atoms with Gasteiger partial charge in [0.25, 0.3) is 0 Å². The molecular formula is C20H25N5. The summed E-state index contributed by atoms with van der Waals surface area (Å²) >= 11 is 0. The molecule has 1 aromatic carbocycles. The molecule has 0 fully saturated rings. The Morgan fingerprint density at radius 2 is 2.00 bits per heavy atom. The van der Waals surface area contributed by atoms with E-state index in [-0.39, 0.29) is 0 Å². The van der Waals surface area contributed by atoms with E-state index in [1.807, 2.05) is 37.3 Å². The van der Waals surface area contributed by atoms with Crippen LogP contribution in [0, 0.1) is 24.2 Å². The summed E-state index contributed by atoms with van der Waals surface area (Å²) in [6, 6.07) is 12.8. The number of likely N-dealkylation sites (N-methyl/N-ethyl adjacent to an activating group) is 1. The summed E-state index contributed by atoms with van der Waals surface area (Å²) in [4.78, 5) is 6.94. The van der Waals surface area contributed by atoms with Gasteiger partial charge in [-0.05, 0) is 50.7 Å². The smallest absolute Gasteiger partial charge is 0.157 e. The van der Waals surface area contributed by atoms with Crippen molar-refractivity contribution < 1.29 is 0 Å². The van der Waals surface area contributed by atoms with E-state index >= 15 is 0 Å². The summed E-state index contributed by atoms with van der Waals surface area (Å²) in [6.07, 6.45) is 0. The second-order valence-corrected chi connectivity index (χ2v) is 7.11. The number of benzene rings is 1. The molecule has 0 radical (unpaired) electrons. The van der Waals surface area contributed by atoms with Gasteiger partial charge < -0.3 is 10.2 Å². The van der Waals surface area contributed by atoms with Crippen molar-refractivity contribution in [1.82, 2.24) is 14.3 Å². The van der Waals surface area contributed by atoms with Crippen molar-refractivity contribution in [2.45, 2.75) is 26.8 Å². The van der Waals surface area contributed by atoms with Crippen molar-refractivity contribution >= 4 is 22.5 Å². The van der Waals surface area contributed by atoms with E-state index in [1.54, 1.807) is 0 Å². The second kappa shape index (κ2) is 6.73. The largest absolute Gasteiger partial charge is 0.370 e. The predicted octanol–water partition coefficient (Wildman–Crippen LogP) is 3.67. The van der Waals surface area contributed by atoms with Gasteiger partial charge in [-0.25, -0.2) is 4.98 Å². The summed E-state index contributed by atoms with van der Waals surface area (Å²) in [6.45, 7) is 7.27. The lowest BCUT2D eigenvalue weighted by atomic mass is 10.0. The Balaban J connectivity index is 2.13. The van der Waals surface area contributed by atoms with Crippen molar-refractivity contribution in [3.8, 4) is 6.07 Å². The molecule has 0 unspecified atom stereocenters. The fourth-order valence-electron chi connectivity index (χ4n) is 3.45. The van der Waals surface area contributed by atoms with Crippen LogP contribution in [0.1, 0.15) is 25.0 Å². The summed E-state index contributed by atoms with van der Waals surface area (Å²) in [5.41, 5.74) is 4.22. The maximum atomic E-state index is 9.57. The quantitative estimate of drug-likeness (QED) is 0.773. The van der Waals surface area contributed by atoms with Crippen LogP contribution in [0.2, 0.25) is 0 Å². The average molecular weight is 335 g/mol. The van der Waals surface area contributed by atoms with Crippen molar-refractivity contribution in [2.75, 3.05) is 26.0 Å². The zero-order valence-corrected chi connectivity index (χ0v) is 15.5. The van der Waals surface area contributed by atoms with Gasteiger partial charge in [0, 0.05) is 12.6 Å². The number of imidazole rings is 1. The minimum atomic E-state index is 0.417. The van der Waals surface area contributed by atoms with Gasteiger partial charge in [-0.2, -0.15) is 5.26 Å². The maximum Gasteiger partial charge on any atom is 0.157 e. The zero-order chi connectivity index (χ0) is 18.1. The molecule has 0 bridgehead atoms. The molecule has 1 N–H and O–H groups in total. The topological polar surface area (TPSA) is 56.4 Å². The van der Waals surface area contributed by atoms with Crippen LogP contribution in [0.4, 0.5) is 5.82 Å². The molecule has 0 spiro atoms. The molecule has 0 amide bonds. The number of anilines is 1. The molecule has 0 saturated carbocycles. The van der Waals surface area contributed by atoms with Gasteiger partial charge in [0.05, 0.1) is 16.6 Å². The second-order valence-electron chi connectivity index (χ2n) is 7.11. The highest BCUT2D eigenvalue weighted by molar-refractivity contribution is 5.85. The molecule has 0 aliphatic carbocycles. The Morgan fingerprint density at radius 3 is 2.64 bits per heavy atom. The monoisotopic (exact) mass is 335 g/mol. The first kappa shape index (κ1) is 17.2. The number of pyridine rings is 1. The molecular weight excluding hydrogens is 310 g/mol. The predicted molar refractivity (Wildman–Crippen MR) is 103 cm³/mol. The number of nitrogens with one attached hydrogen (secondary N) is 1. The Bertz CT molecular complexity index is 938. The van der Waals surface area contributed by atoms with E-state index in [0.29, 0.717) is 17.5 Å². The number of hydrogen-bond acceptors (Lipinski definition) is 4. The highest BCUT2D eigenvalue weighted by atomic mass is 15.2. The molecule has 1 atom stereocenters. The Hall–Kier alpha value is -2.58. The van der Waals surface area contributed by atoms with Crippen LogP contribution in [-0.4, -0.2) is 41.0 Å². The normalized spacial score (nSPS) is 12.9. The van der Waals surface area contributed by atoms with Crippen LogP contribution in [0.5, 0.6) is 0 Å². The third-order valence-electron chi connectivity index (χ3n) is 4.81. The van der Waals surface area contributed by atoms with Gasteiger partial charge in [0.1, 0.15) is 11.9 Å². The van der Waals surface area contributed by atoms with Gasteiger partial charge in [-0.3, -0.25) is 4.40 Å². The Kier molecular flexibility index (Phi) is 4.65. The van der Waals surface area contributed by atoms with Crippen LogP contribution < -0.4 is 5.32 Å². The van der Waals surface area contributed by atoms with Gasteiger partial charge >= 0.3 is 0 Å². The number of para-hydroxylation sites is 2. The summed E-state index contributed by atoms with van der Waals surface area (Å²) in [5.74, 6) is 1.52. The minimum absolute atomic E-state index is 0.417. The first-order chi connectivity index (χ1) is 11.9. The molecule has 25 heavy (non-hydrogen) atoms. The molecule has 130 valence electrons. The fraction of sp³-hybridized carbons (Fsp3) is 0.400. The van der Waals surface area contributed by atoms with Crippen molar-refractivity contribution in [1.29, 1.82) is 5.26 Å². The van der Waals surface area contributed by atoms with E-state index in [1.165, 1.54) is 0 Å². The highest BCUT2D eigenvalue weighted by Crippen LogP contribution is 2.26. The number of hydrogen-bond donors (Lipinski definition) is 1. The highest BCUT2D eigenvalue weighted by Gasteiger charge is 2.18. The van der Waals surface area contributed by atoms with E-state index in [9.17, 15) is 5.26 Å². The van der Waals surface area contributed by atoms with Crippen LogP contribution in [0.25, 0.3) is 16.7 Å². The van der Waals surface area contributed by atoms with Gasteiger partial charge in [0.15, 0.2) is 5.65 Å². The van der Waals surface area contributed by atoms with Crippen LogP contribution >= 0.6 is 0 Å². The number of nitrogens with zero attached hydrogens (tertiary/aromatic N) is 4. The molecule has 2 heterocycles. The third-order valence-corrected chi connectivity index (χ3v) is 4.81. The van der Waals surface area contributed by atoms with Crippen LogP contribution in [0.3, 0.4) is 0 Å². The molecule has 5 nitrogen and oxygen atoms in total. The first-order valence-electron chi connectivity index (χ1n) is 8.65. The van der Waals surface area contributed by atoms with Gasteiger partial charge in [0.2, 0.25) is 0 Å². The van der Waals surface area contributed by atoms with Gasteiger partial charge in [-0.1, -0.05) is 26.0 Å². The molecule has 3 aromatic rings. The van der Waals surface area contributed by atoms with Crippen molar-refractivity contribution in [2.24, 2.45) is 5.92 Å². The van der Waals surface area contributed by atoms with E-state index in [2.05, 4.69) is 48.6 Å². The third kappa shape index (κ3) is 3.06. The Labute approximate surface area is 148 Å². The SMILES string of the molecule is Cc1cc(NC[C@H](C(C)C)N(C)C)n2c(nc3ccccc32)c1C#N. The zero-order valence-electron chi connectivity index (χ0n) is 15.5. The molecule has 0 aliphatic rings. The van der Waals surface area contributed by atoms with Crippen LogP contribution in [0.15, 0.2) is 30.3 Å². The molecule has 5 heteroatoms. The fourth-order valence-corrected chi connectivity index (χ4v) is 3.45. The van der Waals surface area contributed by atoms with Crippen LogP contribution in [-0.2, 0) is 0 Å². The minimum Gasteiger partial charge on any atom is -0.370 e. The maximum absolute atomic E-state index is 9.57. The lowest BCUT2D eigenvalue weighted by molar-refractivity contribution is 0.243. The summed E-state index contributed by atoms with van der Waals surface area (Å²) in [5, 5.41) is 13.2. The first-order valence-corrected chi connectivity index (χ1v) is 8.65.